The van der Waals surface area contributed by atoms with Crippen LogP contribution in [0.4, 0.5) is 0 Å². The molecule has 3 nitrogen and oxygen atoms in total. The Bertz CT molecular complexity index is 359. The Balaban J connectivity index is 2.54. The topological polar surface area (TPSA) is 46.5 Å². The van der Waals surface area contributed by atoms with Crippen molar-refractivity contribution in [1.82, 2.24) is 0 Å². The van der Waals surface area contributed by atoms with Gasteiger partial charge in [0.05, 0.1) is 21.7 Å². The maximum absolute atomic E-state index is 10.9. The summed E-state index contributed by atoms with van der Waals surface area (Å²) in [5, 5.41) is 8.97. The average molecular weight is 310 g/mol. The molecule has 1 aliphatic rings. The third-order valence-corrected chi connectivity index (χ3v) is 4.19. The van der Waals surface area contributed by atoms with Gasteiger partial charge in [-0.05, 0) is 34.6 Å². The van der Waals surface area contributed by atoms with E-state index in [0.29, 0.717) is 18.8 Å². The van der Waals surface area contributed by atoms with Crippen molar-refractivity contribution in [1.29, 1.82) is 0 Å². The molecule has 0 bridgehead atoms. The molecular formula is C8H7IO3S. The van der Waals surface area contributed by atoms with E-state index in [4.69, 9.17) is 9.84 Å². The van der Waals surface area contributed by atoms with Gasteiger partial charge in [-0.3, -0.25) is 0 Å². The molecule has 1 aromatic heterocycles. The van der Waals surface area contributed by atoms with Crippen molar-refractivity contribution < 1.29 is 14.6 Å². The lowest BCUT2D eigenvalue weighted by atomic mass is 10.1. The number of carbonyl (C=O) groups is 1. The third kappa shape index (κ3) is 1.60. The van der Waals surface area contributed by atoms with Gasteiger partial charge >= 0.3 is 5.97 Å². The third-order valence-electron chi connectivity index (χ3n) is 1.99. The maximum atomic E-state index is 10.9. The van der Waals surface area contributed by atoms with Gasteiger partial charge in [0.25, 0.3) is 0 Å². The average Bonchev–Trinajstić information content (AvgIpc) is 2.39. The molecule has 1 N–H and O–H groups in total. The van der Waals surface area contributed by atoms with E-state index in [1.165, 1.54) is 11.3 Å². The van der Waals surface area contributed by atoms with Gasteiger partial charge < -0.3 is 9.84 Å². The number of hydrogen-bond acceptors (Lipinski definition) is 3. The summed E-state index contributed by atoms with van der Waals surface area (Å²) in [4.78, 5) is 12.0. The maximum Gasteiger partial charge on any atom is 0.337 e. The van der Waals surface area contributed by atoms with Crippen molar-refractivity contribution >= 4 is 39.9 Å². The number of fused-ring (bicyclic) bond motifs is 1. The van der Waals surface area contributed by atoms with E-state index in [1.54, 1.807) is 0 Å². The zero-order valence-corrected chi connectivity index (χ0v) is 9.65. The van der Waals surface area contributed by atoms with Crippen LogP contribution in [0.1, 0.15) is 20.8 Å². The Morgan fingerprint density at radius 1 is 1.62 bits per heavy atom. The number of aromatic carboxylic acids is 1. The summed E-state index contributed by atoms with van der Waals surface area (Å²) in [5.41, 5.74) is 1.47. The second kappa shape index (κ2) is 3.55. The van der Waals surface area contributed by atoms with Crippen molar-refractivity contribution in [2.75, 3.05) is 6.61 Å². The van der Waals surface area contributed by atoms with Gasteiger partial charge in [-0.15, -0.1) is 11.3 Å². The first kappa shape index (κ1) is 9.42. The number of rotatable bonds is 1. The van der Waals surface area contributed by atoms with Gasteiger partial charge in [0.1, 0.15) is 0 Å². The number of carboxylic acid groups (broad SMARTS) is 1. The number of ether oxygens (including phenoxy) is 1. The zero-order chi connectivity index (χ0) is 9.42. The van der Waals surface area contributed by atoms with Crippen LogP contribution in [0.15, 0.2) is 0 Å². The minimum absolute atomic E-state index is 0.490. The highest BCUT2D eigenvalue weighted by Gasteiger charge is 2.23. The van der Waals surface area contributed by atoms with Crippen molar-refractivity contribution in [2.24, 2.45) is 0 Å². The van der Waals surface area contributed by atoms with E-state index in [2.05, 4.69) is 22.6 Å². The number of carboxylic acids is 1. The first-order valence-electron chi connectivity index (χ1n) is 3.81. The predicted octanol–water partition coefficient (Wildman–Crippen LogP) is 2.12. The summed E-state index contributed by atoms with van der Waals surface area (Å²) in [6.45, 7) is 1.21. The molecule has 0 atom stereocenters. The standard InChI is InChI=1S/C8H7IO3S/c9-7-6(8(10)11)4-1-2-12-3-5(4)13-7/h1-3H2,(H,10,11). The van der Waals surface area contributed by atoms with Gasteiger partial charge in [-0.1, -0.05) is 0 Å². The van der Waals surface area contributed by atoms with E-state index in [0.717, 1.165) is 19.7 Å². The Morgan fingerprint density at radius 2 is 2.38 bits per heavy atom. The summed E-state index contributed by atoms with van der Waals surface area (Å²) in [6, 6.07) is 0. The molecule has 0 spiro atoms. The summed E-state index contributed by atoms with van der Waals surface area (Å²) < 4.78 is 6.12. The van der Waals surface area contributed by atoms with Crippen LogP contribution in [0, 0.1) is 2.88 Å². The Kier molecular flexibility index (Phi) is 2.57. The predicted molar refractivity (Wildman–Crippen MR) is 57.4 cm³/mol. The molecule has 0 fully saturated rings. The van der Waals surface area contributed by atoms with Gasteiger partial charge in [-0.2, -0.15) is 0 Å². The van der Waals surface area contributed by atoms with Crippen LogP contribution >= 0.6 is 33.9 Å². The fraction of sp³-hybridized carbons (Fsp3) is 0.375. The van der Waals surface area contributed by atoms with Gasteiger partial charge in [0.2, 0.25) is 0 Å². The second-order valence-electron chi connectivity index (χ2n) is 2.76. The summed E-state index contributed by atoms with van der Waals surface area (Å²) in [6.07, 6.45) is 0.733. The zero-order valence-electron chi connectivity index (χ0n) is 6.67. The molecule has 1 aromatic rings. The minimum Gasteiger partial charge on any atom is -0.478 e. The van der Waals surface area contributed by atoms with Crippen molar-refractivity contribution in [3.8, 4) is 0 Å². The van der Waals surface area contributed by atoms with Crippen LogP contribution in [-0.2, 0) is 17.8 Å². The van der Waals surface area contributed by atoms with E-state index >= 15 is 0 Å². The fourth-order valence-electron chi connectivity index (χ4n) is 1.41. The SMILES string of the molecule is O=C(O)c1c(I)sc2c1CCOC2. The Labute approximate surface area is 92.9 Å². The van der Waals surface area contributed by atoms with E-state index in [9.17, 15) is 4.79 Å². The highest BCUT2D eigenvalue weighted by atomic mass is 127. The monoisotopic (exact) mass is 310 g/mol. The number of halogens is 1. The molecule has 0 amide bonds. The number of hydrogen-bond donors (Lipinski definition) is 1. The molecule has 70 valence electrons. The van der Waals surface area contributed by atoms with E-state index in [1.807, 2.05) is 0 Å². The van der Waals surface area contributed by atoms with Crippen LogP contribution in [-0.4, -0.2) is 17.7 Å². The van der Waals surface area contributed by atoms with Crippen LogP contribution in [0.2, 0.25) is 0 Å². The molecule has 13 heavy (non-hydrogen) atoms. The van der Waals surface area contributed by atoms with Crippen LogP contribution in [0.3, 0.4) is 0 Å². The smallest absolute Gasteiger partial charge is 0.337 e. The quantitative estimate of drug-likeness (QED) is 0.808. The second-order valence-corrected chi connectivity index (χ2v) is 5.68. The summed E-state index contributed by atoms with van der Waals surface area (Å²) in [7, 11) is 0. The van der Waals surface area contributed by atoms with Crippen molar-refractivity contribution in [3.05, 3.63) is 18.9 Å². The summed E-state index contributed by atoms with van der Waals surface area (Å²) in [5.74, 6) is -0.816. The van der Waals surface area contributed by atoms with Crippen LogP contribution < -0.4 is 0 Å². The number of thiophene rings is 1. The van der Waals surface area contributed by atoms with Crippen LogP contribution in [0.25, 0.3) is 0 Å². The molecule has 0 radical (unpaired) electrons. The largest absolute Gasteiger partial charge is 0.478 e. The molecule has 0 aromatic carbocycles. The van der Waals surface area contributed by atoms with Gasteiger partial charge in [0, 0.05) is 4.88 Å². The Morgan fingerprint density at radius 3 is 3.08 bits per heavy atom. The molecule has 0 saturated heterocycles. The minimum atomic E-state index is -0.816. The lowest BCUT2D eigenvalue weighted by molar-refractivity contribution is 0.0691. The lowest BCUT2D eigenvalue weighted by Crippen LogP contribution is -2.11. The molecule has 0 saturated carbocycles. The molecule has 0 aliphatic carbocycles. The highest BCUT2D eigenvalue weighted by Crippen LogP contribution is 2.33. The first-order chi connectivity index (χ1) is 6.20. The molecule has 2 rings (SSSR count). The highest BCUT2D eigenvalue weighted by molar-refractivity contribution is 14.1. The van der Waals surface area contributed by atoms with E-state index in [-0.39, 0.29) is 0 Å². The normalized spacial score (nSPS) is 15.5. The van der Waals surface area contributed by atoms with E-state index < -0.39 is 5.97 Å². The molecule has 5 heteroatoms. The fourth-order valence-corrected chi connectivity index (χ4v) is 3.76. The van der Waals surface area contributed by atoms with Crippen LogP contribution in [0.5, 0.6) is 0 Å². The first-order valence-corrected chi connectivity index (χ1v) is 5.70. The van der Waals surface area contributed by atoms with Crippen molar-refractivity contribution in [2.45, 2.75) is 13.0 Å². The Hall–Kier alpha value is -0.140. The lowest BCUT2D eigenvalue weighted by Gasteiger charge is -2.11. The van der Waals surface area contributed by atoms with Gasteiger partial charge in [-0.25, -0.2) is 4.79 Å². The molecule has 0 unspecified atom stereocenters. The molecular weight excluding hydrogens is 303 g/mol. The molecule has 2 heterocycles. The van der Waals surface area contributed by atoms with Gasteiger partial charge in [0.15, 0.2) is 0 Å². The summed E-state index contributed by atoms with van der Waals surface area (Å²) >= 11 is 3.60. The molecule has 1 aliphatic heterocycles. The van der Waals surface area contributed by atoms with Crippen molar-refractivity contribution in [3.63, 3.8) is 0 Å².